The van der Waals surface area contributed by atoms with Gasteiger partial charge in [0.15, 0.2) is 0 Å². The summed E-state index contributed by atoms with van der Waals surface area (Å²) in [6.07, 6.45) is 3.31. The van der Waals surface area contributed by atoms with Gasteiger partial charge < -0.3 is 0 Å². The summed E-state index contributed by atoms with van der Waals surface area (Å²) in [4.78, 5) is 17.0. The fourth-order valence-electron chi connectivity index (χ4n) is 2.85. The summed E-state index contributed by atoms with van der Waals surface area (Å²) in [7, 11) is 0. The van der Waals surface area contributed by atoms with Crippen molar-refractivity contribution in [1.29, 1.82) is 0 Å². The molecule has 0 saturated heterocycles. The molecule has 0 N–H and O–H groups in total. The third-order valence-corrected chi connectivity index (χ3v) is 4.11. The van der Waals surface area contributed by atoms with Crippen molar-refractivity contribution in [3.63, 3.8) is 0 Å². The van der Waals surface area contributed by atoms with Crippen LogP contribution in [0.15, 0.2) is 53.6 Å². The first-order chi connectivity index (χ1) is 11.1. The van der Waals surface area contributed by atoms with E-state index in [2.05, 4.69) is 4.98 Å². The van der Waals surface area contributed by atoms with Gasteiger partial charge in [-0.15, -0.1) is 0 Å². The highest BCUT2D eigenvalue weighted by molar-refractivity contribution is 6.31. The van der Waals surface area contributed by atoms with Crippen LogP contribution in [0.25, 0.3) is 22.4 Å². The van der Waals surface area contributed by atoms with Gasteiger partial charge in [-0.05, 0) is 48.9 Å². The second kappa shape index (κ2) is 4.93. The van der Waals surface area contributed by atoms with E-state index in [0.29, 0.717) is 27.4 Å². The van der Waals surface area contributed by atoms with Gasteiger partial charge >= 0.3 is 0 Å². The molecule has 0 unspecified atom stereocenters. The van der Waals surface area contributed by atoms with Crippen LogP contribution in [0.2, 0.25) is 5.02 Å². The van der Waals surface area contributed by atoms with Gasteiger partial charge in [0.1, 0.15) is 5.82 Å². The van der Waals surface area contributed by atoms with Gasteiger partial charge in [0.25, 0.3) is 5.56 Å². The van der Waals surface area contributed by atoms with Crippen LogP contribution in [0.3, 0.4) is 0 Å². The van der Waals surface area contributed by atoms with E-state index in [1.54, 1.807) is 41.9 Å². The average Bonchev–Trinajstić information content (AvgIpc) is 2.99. The van der Waals surface area contributed by atoms with Gasteiger partial charge in [0.2, 0.25) is 5.65 Å². The van der Waals surface area contributed by atoms with Crippen molar-refractivity contribution in [3.05, 3.63) is 75.5 Å². The van der Waals surface area contributed by atoms with E-state index >= 15 is 0 Å². The van der Waals surface area contributed by atoms with Crippen molar-refractivity contribution in [3.8, 4) is 5.69 Å². The molecule has 114 valence electrons. The van der Waals surface area contributed by atoms with Crippen molar-refractivity contribution in [2.45, 2.75) is 6.92 Å². The van der Waals surface area contributed by atoms with Gasteiger partial charge in [-0.1, -0.05) is 11.6 Å². The Balaban J connectivity index is 2.25. The Kier molecular flexibility index (Phi) is 2.99. The lowest BCUT2D eigenvalue weighted by atomic mass is 10.1. The zero-order valence-electron chi connectivity index (χ0n) is 12.1. The summed E-state index contributed by atoms with van der Waals surface area (Å²) >= 11 is 6.12. The fourth-order valence-corrected chi connectivity index (χ4v) is 3.02. The zero-order valence-corrected chi connectivity index (χ0v) is 12.9. The molecular formula is C17H11ClFN3O. The van der Waals surface area contributed by atoms with E-state index in [9.17, 15) is 9.18 Å². The van der Waals surface area contributed by atoms with Crippen LogP contribution in [-0.2, 0) is 0 Å². The molecule has 0 bridgehead atoms. The van der Waals surface area contributed by atoms with Gasteiger partial charge in [0, 0.05) is 17.4 Å². The Morgan fingerprint density at radius 2 is 1.96 bits per heavy atom. The molecule has 0 aliphatic heterocycles. The topological polar surface area (TPSA) is 39.3 Å². The fraction of sp³-hybridized carbons (Fsp3) is 0.0588. The van der Waals surface area contributed by atoms with Crippen LogP contribution < -0.4 is 5.56 Å². The second-order valence-electron chi connectivity index (χ2n) is 5.33. The predicted molar refractivity (Wildman–Crippen MR) is 88.0 cm³/mol. The number of halogens is 2. The monoisotopic (exact) mass is 327 g/mol. The number of imidazole rings is 1. The summed E-state index contributed by atoms with van der Waals surface area (Å²) in [5.41, 5.74) is 2.73. The highest BCUT2D eigenvalue weighted by Gasteiger charge is 2.15. The van der Waals surface area contributed by atoms with E-state index in [-0.39, 0.29) is 11.4 Å². The second-order valence-corrected chi connectivity index (χ2v) is 5.76. The Morgan fingerprint density at radius 1 is 1.13 bits per heavy atom. The number of hydrogen-bond acceptors (Lipinski definition) is 2. The molecule has 4 nitrogen and oxygen atoms in total. The molecule has 4 aromatic rings. The maximum Gasteiger partial charge on any atom is 0.299 e. The van der Waals surface area contributed by atoms with Crippen LogP contribution in [-0.4, -0.2) is 14.0 Å². The van der Waals surface area contributed by atoms with Crippen LogP contribution in [0.5, 0.6) is 0 Å². The Morgan fingerprint density at radius 3 is 2.74 bits per heavy atom. The number of aryl methyl sites for hydroxylation is 1. The molecule has 0 fully saturated rings. The first kappa shape index (κ1) is 14.0. The van der Waals surface area contributed by atoms with Crippen molar-refractivity contribution in [2.75, 3.05) is 0 Å². The van der Waals surface area contributed by atoms with E-state index in [1.807, 2.05) is 6.07 Å². The van der Waals surface area contributed by atoms with Crippen molar-refractivity contribution in [2.24, 2.45) is 0 Å². The summed E-state index contributed by atoms with van der Waals surface area (Å²) in [5.74, 6) is -0.344. The quantitative estimate of drug-likeness (QED) is 0.534. The summed E-state index contributed by atoms with van der Waals surface area (Å²) < 4.78 is 16.7. The zero-order chi connectivity index (χ0) is 16.1. The third-order valence-electron chi connectivity index (χ3n) is 3.87. The molecular weight excluding hydrogens is 317 g/mol. The summed E-state index contributed by atoms with van der Waals surface area (Å²) in [6, 6.07) is 9.64. The van der Waals surface area contributed by atoms with E-state index in [4.69, 9.17) is 11.6 Å². The Labute approximate surface area is 135 Å². The lowest BCUT2D eigenvalue weighted by Crippen LogP contribution is -2.22. The third kappa shape index (κ3) is 2.04. The maximum atomic E-state index is 13.4. The van der Waals surface area contributed by atoms with Gasteiger partial charge in [-0.25, -0.2) is 9.37 Å². The minimum Gasteiger partial charge on any atom is -0.294 e. The summed E-state index contributed by atoms with van der Waals surface area (Å²) in [5, 5.41) is 0.518. The van der Waals surface area contributed by atoms with Crippen LogP contribution >= 0.6 is 11.6 Å². The standard InChI is InChI=1S/C17H11ClFN3O/c1-10-8-12(19)3-5-13(10)22-15-9-11(18)2-4-14(15)21-7-6-20-16(21)17(22)23/h2-9H,1H3. The molecule has 0 aliphatic rings. The SMILES string of the molecule is Cc1cc(F)ccc1-n1c(=O)c2nccn2c2ccc(Cl)cc21. The average molecular weight is 328 g/mol. The van der Waals surface area contributed by atoms with Crippen LogP contribution in [0.1, 0.15) is 5.56 Å². The van der Waals surface area contributed by atoms with Crippen LogP contribution in [0, 0.1) is 12.7 Å². The molecule has 0 aliphatic carbocycles. The first-order valence-electron chi connectivity index (χ1n) is 7.00. The lowest BCUT2D eigenvalue weighted by molar-refractivity contribution is 0.626. The molecule has 0 atom stereocenters. The normalized spacial score (nSPS) is 11.4. The first-order valence-corrected chi connectivity index (χ1v) is 7.38. The number of rotatable bonds is 1. The molecule has 2 aromatic heterocycles. The van der Waals surface area contributed by atoms with Gasteiger partial charge in [-0.3, -0.25) is 13.8 Å². The molecule has 4 rings (SSSR count). The number of nitrogens with zero attached hydrogens (tertiary/aromatic N) is 3. The smallest absolute Gasteiger partial charge is 0.294 e. The molecule has 2 aromatic carbocycles. The van der Waals surface area contributed by atoms with Crippen LogP contribution in [0.4, 0.5) is 4.39 Å². The maximum absolute atomic E-state index is 13.4. The minimum absolute atomic E-state index is 0.278. The summed E-state index contributed by atoms with van der Waals surface area (Å²) in [6.45, 7) is 1.76. The van der Waals surface area contributed by atoms with Gasteiger partial charge in [-0.2, -0.15) is 0 Å². The Hall–Kier alpha value is -2.66. The van der Waals surface area contributed by atoms with E-state index in [1.165, 1.54) is 16.7 Å². The number of hydrogen-bond donors (Lipinski definition) is 0. The van der Waals surface area contributed by atoms with Gasteiger partial charge in [0.05, 0.1) is 16.7 Å². The lowest BCUT2D eigenvalue weighted by Gasteiger charge is -2.14. The number of aromatic nitrogens is 3. The largest absolute Gasteiger partial charge is 0.299 e. The molecule has 0 saturated carbocycles. The van der Waals surface area contributed by atoms with E-state index in [0.717, 1.165) is 5.52 Å². The van der Waals surface area contributed by atoms with Crippen molar-refractivity contribution in [1.82, 2.24) is 14.0 Å². The van der Waals surface area contributed by atoms with Crippen molar-refractivity contribution < 1.29 is 4.39 Å². The highest BCUT2D eigenvalue weighted by atomic mass is 35.5. The molecule has 0 radical (unpaired) electrons. The highest BCUT2D eigenvalue weighted by Crippen LogP contribution is 2.23. The Bertz CT molecular complexity index is 1130. The molecule has 2 heterocycles. The predicted octanol–water partition coefficient (Wildman–Crippen LogP) is 3.74. The van der Waals surface area contributed by atoms with E-state index < -0.39 is 0 Å². The number of benzene rings is 2. The molecule has 23 heavy (non-hydrogen) atoms. The number of fused-ring (bicyclic) bond motifs is 3. The molecule has 6 heteroatoms. The molecule has 0 amide bonds. The molecule has 0 spiro atoms. The van der Waals surface area contributed by atoms with Crippen molar-refractivity contribution >= 4 is 28.3 Å². The minimum atomic E-state index is -0.344.